The van der Waals surface area contributed by atoms with E-state index in [0.29, 0.717) is 13.0 Å². The van der Waals surface area contributed by atoms with Gasteiger partial charge in [0.1, 0.15) is 0 Å². The monoisotopic (exact) mass is 119 g/mol. The maximum atomic E-state index is 11.2. The smallest absolute Gasteiger partial charge is 0.0912 e. The third-order valence-electron chi connectivity index (χ3n) is 0.468. The van der Waals surface area contributed by atoms with Gasteiger partial charge in [-0.3, -0.25) is 4.39 Å². The van der Waals surface area contributed by atoms with Gasteiger partial charge in [-0.2, -0.15) is 0 Å². The lowest BCUT2D eigenvalue weighted by Crippen LogP contribution is -1.79. The Morgan fingerprint density at radius 1 is 1.71 bits per heavy atom. The first-order chi connectivity index (χ1) is 3.41. The van der Waals surface area contributed by atoms with E-state index < -0.39 is 0 Å². The fraction of sp³-hybridized carbons (Fsp3) is 0.750. The standard InChI is InChI=1S/C4H6FNS/c5-2-1-3-6-4-7/h1-3H2. The number of alkyl halides is 1. The van der Waals surface area contributed by atoms with E-state index in [2.05, 4.69) is 22.4 Å². The number of thiocarbonyl (C=S) groups is 1. The number of hydrogen-bond donors (Lipinski definition) is 0. The highest BCUT2D eigenvalue weighted by atomic mass is 32.1. The molecular formula is C4H6FNS. The minimum absolute atomic E-state index is 0.319. The van der Waals surface area contributed by atoms with Crippen LogP contribution in [0.3, 0.4) is 0 Å². The summed E-state index contributed by atoms with van der Waals surface area (Å²) in [4.78, 5) is 3.49. The molecule has 0 spiro atoms. The van der Waals surface area contributed by atoms with Crippen LogP contribution in [-0.2, 0) is 0 Å². The molecule has 0 amide bonds. The lowest BCUT2D eigenvalue weighted by molar-refractivity contribution is 0.478. The normalized spacial score (nSPS) is 7.57. The summed E-state index contributed by atoms with van der Waals surface area (Å²) in [5.41, 5.74) is 0. The molecule has 40 valence electrons. The number of rotatable bonds is 3. The third kappa shape index (κ3) is 5.73. The summed E-state index contributed by atoms with van der Waals surface area (Å²) < 4.78 is 11.2. The van der Waals surface area contributed by atoms with E-state index in [9.17, 15) is 4.39 Å². The highest BCUT2D eigenvalue weighted by Gasteiger charge is 1.76. The molecule has 0 saturated carbocycles. The summed E-state index contributed by atoms with van der Waals surface area (Å²) >= 11 is 4.23. The Morgan fingerprint density at radius 2 is 2.43 bits per heavy atom. The fourth-order valence-corrected chi connectivity index (χ4v) is 0.276. The molecule has 0 aliphatic rings. The summed E-state index contributed by atoms with van der Waals surface area (Å²) in [5.74, 6) is 0. The van der Waals surface area contributed by atoms with E-state index in [1.807, 2.05) is 0 Å². The fourth-order valence-electron chi connectivity index (χ4n) is 0.184. The SMILES string of the molecule is FCCCN=C=S. The van der Waals surface area contributed by atoms with Gasteiger partial charge in [0.15, 0.2) is 0 Å². The Bertz CT molecular complexity index is 77.8. The molecule has 3 heteroatoms. The quantitative estimate of drug-likeness (QED) is 0.311. The Hall–Kier alpha value is -0.270. The molecule has 0 aromatic heterocycles. The molecule has 0 bridgehead atoms. The highest BCUT2D eigenvalue weighted by molar-refractivity contribution is 7.78. The Kier molecular flexibility index (Phi) is 5.51. The molecule has 0 aromatic rings. The predicted molar refractivity (Wildman–Crippen MR) is 30.5 cm³/mol. The van der Waals surface area contributed by atoms with Gasteiger partial charge in [-0.05, 0) is 18.6 Å². The molecule has 0 radical (unpaired) electrons. The number of hydrogen-bond acceptors (Lipinski definition) is 2. The van der Waals surface area contributed by atoms with E-state index in [-0.39, 0.29) is 6.67 Å². The zero-order valence-electron chi connectivity index (χ0n) is 3.85. The van der Waals surface area contributed by atoms with Gasteiger partial charge in [0.2, 0.25) is 0 Å². The van der Waals surface area contributed by atoms with Crippen molar-refractivity contribution in [3.63, 3.8) is 0 Å². The number of isothiocyanates is 1. The maximum absolute atomic E-state index is 11.2. The van der Waals surface area contributed by atoms with Crippen LogP contribution in [0.5, 0.6) is 0 Å². The van der Waals surface area contributed by atoms with Crippen molar-refractivity contribution in [2.24, 2.45) is 4.99 Å². The molecule has 0 rings (SSSR count). The first-order valence-corrected chi connectivity index (χ1v) is 2.42. The summed E-state index contributed by atoms with van der Waals surface area (Å²) in [6.07, 6.45) is 0.462. The topological polar surface area (TPSA) is 12.4 Å². The molecule has 0 fully saturated rings. The van der Waals surface area contributed by atoms with Crippen molar-refractivity contribution in [1.82, 2.24) is 0 Å². The number of aliphatic imine (C=N–C) groups is 1. The molecule has 0 N–H and O–H groups in total. The molecule has 0 aromatic carbocycles. The van der Waals surface area contributed by atoms with Gasteiger partial charge < -0.3 is 0 Å². The summed E-state index contributed by atoms with van der Waals surface area (Å²) in [6, 6.07) is 0. The molecular weight excluding hydrogens is 113 g/mol. The molecule has 1 nitrogen and oxygen atoms in total. The lowest BCUT2D eigenvalue weighted by Gasteiger charge is -1.79. The Labute approximate surface area is 47.3 Å². The first-order valence-electron chi connectivity index (χ1n) is 2.01. The second kappa shape index (κ2) is 5.73. The van der Waals surface area contributed by atoms with E-state index in [1.165, 1.54) is 0 Å². The molecule has 0 atom stereocenters. The Balaban J connectivity index is 2.83. The van der Waals surface area contributed by atoms with Crippen molar-refractivity contribution in [1.29, 1.82) is 0 Å². The zero-order chi connectivity index (χ0) is 5.54. The minimum Gasteiger partial charge on any atom is -0.251 e. The van der Waals surface area contributed by atoms with Crippen LogP contribution in [0.25, 0.3) is 0 Å². The lowest BCUT2D eigenvalue weighted by atomic mass is 10.5. The van der Waals surface area contributed by atoms with Gasteiger partial charge in [-0.25, -0.2) is 4.99 Å². The van der Waals surface area contributed by atoms with Crippen molar-refractivity contribution in [2.45, 2.75) is 6.42 Å². The van der Waals surface area contributed by atoms with Crippen molar-refractivity contribution in [3.05, 3.63) is 0 Å². The van der Waals surface area contributed by atoms with E-state index in [4.69, 9.17) is 0 Å². The van der Waals surface area contributed by atoms with Crippen LogP contribution < -0.4 is 0 Å². The van der Waals surface area contributed by atoms with Crippen molar-refractivity contribution in [3.8, 4) is 0 Å². The Morgan fingerprint density at radius 3 is 2.86 bits per heavy atom. The van der Waals surface area contributed by atoms with Gasteiger partial charge in [-0.15, -0.1) is 0 Å². The second-order valence-electron chi connectivity index (χ2n) is 1.02. The minimum atomic E-state index is -0.319. The van der Waals surface area contributed by atoms with E-state index in [0.717, 1.165) is 0 Å². The number of nitrogens with zero attached hydrogens (tertiary/aromatic N) is 1. The van der Waals surface area contributed by atoms with Crippen LogP contribution in [0.1, 0.15) is 6.42 Å². The molecule has 0 heterocycles. The average molecular weight is 119 g/mol. The maximum Gasteiger partial charge on any atom is 0.0912 e. The molecule has 0 saturated heterocycles. The van der Waals surface area contributed by atoms with E-state index >= 15 is 0 Å². The van der Waals surface area contributed by atoms with Crippen LogP contribution in [0.4, 0.5) is 4.39 Å². The van der Waals surface area contributed by atoms with Crippen LogP contribution in [0.2, 0.25) is 0 Å². The molecule has 0 aliphatic heterocycles. The van der Waals surface area contributed by atoms with Gasteiger partial charge in [0, 0.05) is 0 Å². The molecule has 7 heavy (non-hydrogen) atoms. The van der Waals surface area contributed by atoms with Gasteiger partial charge in [-0.1, -0.05) is 0 Å². The van der Waals surface area contributed by atoms with Crippen LogP contribution >= 0.6 is 12.2 Å². The summed E-state index contributed by atoms with van der Waals surface area (Å²) in [6.45, 7) is 0.153. The largest absolute Gasteiger partial charge is 0.251 e. The van der Waals surface area contributed by atoms with Crippen LogP contribution in [0.15, 0.2) is 4.99 Å². The second-order valence-corrected chi connectivity index (χ2v) is 1.20. The summed E-state index contributed by atoms with van der Waals surface area (Å²) in [5, 5.41) is 2.14. The average Bonchev–Trinajstić information content (AvgIpc) is 1.69. The highest BCUT2D eigenvalue weighted by Crippen LogP contribution is 1.78. The van der Waals surface area contributed by atoms with Gasteiger partial charge in [0.05, 0.1) is 18.4 Å². The third-order valence-corrected chi connectivity index (χ3v) is 0.597. The van der Waals surface area contributed by atoms with Gasteiger partial charge >= 0.3 is 0 Å². The first kappa shape index (κ1) is 6.73. The predicted octanol–water partition coefficient (Wildman–Crippen LogP) is 1.45. The van der Waals surface area contributed by atoms with Gasteiger partial charge in [0.25, 0.3) is 0 Å². The molecule has 0 unspecified atom stereocenters. The summed E-state index contributed by atoms with van der Waals surface area (Å²) in [7, 11) is 0. The van der Waals surface area contributed by atoms with E-state index in [1.54, 1.807) is 0 Å². The molecule has 0 aliphatic carbocycles. The van der Waals surface area contributed by atoms with Crippen LogP contribution in [0, 0.1) is 0 Å². The van der Waals surface area contributed by atoms with Crippen molar-refractivity contribution in [2.75, 3.05) is 13.2 Å². The van der Waals surface area contributed by atoms with Crippen molar-refractivity contribution >= 4 is 17.4 Å². The number of halogens is 1. The van der Waals surface area contributed by atoms with Crippen LogP contribution in [-0.4, -0.2) is 18.4 Å². The zero-order valence-corrected chi connectivity index (χ0v) is 4.67. The van der Waals surface area contributed by atoms with Crippen molar-refractivity contribution < 1.29 is 4.39 Å².